The number of piperidine rings is 1. The van der Waals surface area contributed by atoms with E-state index in [1.165, 1.54) is 7.11 Å². The van der Waals surface area contributed by atoms with Gasteiger partial charge in [0.2, 0.25) is 0 Å². The predicted molar refractivity (Wildman–Crippen MR) is 213 cm³/mol. The summed E-state index contributed by atoms with van der Waals surface area (Å²) in [4.78, 5) is 42.4. The minimum Gasteiger partial charge on any atom is -0.496 e. The molecule has 1 amide bonds. The van der Waals surface area contributed by atoms with Crippen molar-refractivity contribution in [2.75, 3.05) is 58.9 Å². The number of hydrogen-bond acceptors (Lipinski definition) is 10. The molecule has 9 rings (SSSR count). The van der Waals surface area contributed by atoms with Gasteiger partial charge in [-0.2, -0.15) is 0 Å². The zero-order valence-corrected chi connectivity index (χ0v) is 33.4. The van der Waals surface area contributed by atoms with E-state index in [4.69, 9.17) is 9.47 Å². The zero-order chi connectivity index (χ0) is 40.3. The molecular weight excluding hydrogens is 727 g/mol. The minimum atomic E-state index is -2.49. The molecule has 6 heterocycles. The fourth-order valence-corrected chi connectivity index (χ4v) is 13.1. The number of H-pyrrole nitrogens is 1. The van der Waals surface area contributed by atoms with E-state index in [1.54, 1.807) is 14.2 Å². The second-order valence-corrected chi connectivity index (χ2v) is 17.6. The molecular formula is C43H53N7O7. The van der Waals surface area contributed by atoms with Gasteiger partial charge in [0.05, 0.1) is 25.9 Å². The molecule has 0 radical (unpaired) electrons. The van der Waals surface area contributed by atoms with Gasteiger partial charge in [0.15, 0.2) is 5.60 Å². The predicted octanol–water partition coefficient (Wildman–Crippen LogP) is 4.08. The maximum Gasteiger partial charge on any atom is 0.322 e. The quantitative estimate of drug-likeness (QED) is 0.0934. The van der Waals surface area contributed by atoms with Crippen LogP contribution in [0.4, 0.5) is 5.69 Å². The molecule has 10 atom stereocenters. The minimum absolute atomic E-state index is 0.110. The monoisotopic (exact) mass is 779 g/mol. The number of aromatic amines is 1. The first-order valence-electron chi connectivity index (χ1n) is 20.3. The number of nitrogens with one attached hydrogen (secondary N) is 1. The number of methoxy groups -OCH3 is 2. The molecule has 1 aromatic heterocycles. The van der Waals surface area contributed by atoms with Crippen LogP contribution < -0.4 is 9.64 Å². The first-order valence-corrected chi connectivity index (χ1v) is 20.3. The van der Waals surface area contributed by atoms with Gasteiger partial charge in [0.1, 0.15) is 17.3 Å². The topological polar surface area (TPSA) is 188 Å². The number of amides is 1. The Labute approximate surface area is 332 Å². The standard InChI is InChI=1S/C43H53N7O7/c1-6-39(54)21-25-22-42(38(53)57-5,33-27(13-17-49(23-25)24-39)26-11-8-9-12-30(26)45-33)29-19-28-31(20-32(29)56-4)48(3)35-41(28)15-18-50-16-10-14-40(7-2,34(41)50)36(51)43(35,55)37(52)46-47-44/h8-12,14,19-20,25,34-36,45,51,54-55H,6-7,13,15-18,21-24H2,1-5H3. The number of likely N-dealkylation sites (N-methyl/N-ethyl adjacent to an activating group) is 1. The van der Waals surface area contributed by atoms with Crippen molar-refractivity contribution in [3.05, 3.63) is 81.4 Å². The number of fused-ring (bicyclic) bond motifs is 6. The number of rotatable bonds is 6. The molecule has 3 aromatic rings. The number of carbonyl (C=O) groups is 2. The number of hydrogen-bond donors (Lipinski definition) is 4. The van der Waals surface area contributed by atoms with Crippen molar-refractivity contribution in [3.63, 3.8) is 0 Å². The van der Waals surface area contributed by atoms with Crippen LogP contribution in [0.15, 0.2) is 53.7 Å². The van der Waals surface area contributed by atoms with E-state index in [0.29, 0.717) is 88.2 Å². The van der Waals surface area contributed by atoms with E-state index < -0.39 is 51.5 Å². The molecule has 1 aliphatic carbocycles. The van der Waals surface area contributed by atoms with E-state index in [0.717, 1.165) is 27.7 Å². The van der Waals surface area contributed by atoms with E-state index in [1.807, 2.05) is 55.2 Å². The van der Waals surface area contributed by atoms with Gasteiger partial charge in [-0.25, -0.2) is 0 Å². The summed E-state index contributed by atoms with van der Waals surface area (Å²) >= 11 is 0. The van der Waals surface area contributed by atoms with Crippen molar-refractivity contribution in [1.29, 1.82) is 0 Å². The number of aliphatic hydroxyl groups excluding tert-OH is 1. The van der Waals surface area contributed by atoms with E-state index >= 15 is 4.79 Å². The number of anilines is 1. The summed E-state index contributed by atoms with van der Waals surface area (Å²) < 4.78 is 12.2. The summed E-state index contributed by atoms with van der Waals surface area (Å²) in [5.74, 6) is -1.28. The number of benzene rings is 2. The lowest BCUT2D eigenvalue weighted by atomic mass is 9.47. The van der Waals surface area contributed by atoms with E-state index in [2.05, 4.69) is 36.9 Å². The Balaban J connectivity index is 1.37. The van der Waals surface area contributed by atoms with Gasteiger partial charge in [0, 0.05) is 88.9 Å². The third kappa shape index (κ3) is 4.79. The Hall–Kier alpha value is -4.43. The van der Waals surface area contributed by atoms with Crippen LogP contribution in [0.3, 0.4) is 0 Å². The summed E-state index contributed by atoms with van der Waals surface area (Å²) in [6, 6.07) is 10.6. The lowest BCUT2D eigenvalue weighted by Crippen LogP contribution is -2.80. The maximum atomic E-state index is 15.2. The van der Waals surface area contributed by atoms with Gasteiger partial charge in [-0.1, -0.05) is 44.2 Å². The van der Waals surface area contributed by atoms with Crippen molar-refractivity contribution in [2.24, 2.45) is 16.4 Å². The highest BCUT2D eigenvalue weighted by molar-refractivity contribution is 5.95. The number of nitrogens with zero attached hydrogens (tertiary/aromatic N) is 6. The van der Waals surface area contributed by atoms with Gasteiger partial charge in [-0.3, -0.25) is 19.4 Å². The summed E-state index contributed by atoms with van der Waals surface area (Å²) in [7, 11) is 4.79. The Bertz CT molecular complexity index is 2250. The van der Waals surface area contributed by atoms with Crippen LogP contribution in [-0.4, -0.2) is 125 Å². The first-order chi connectivity index (χ1) is 27.3. The number of ether oxygens (including phenoxy) is 2. The van der Waals surface area contributed by atoms with E-state index in [-0.39, 0.29) is 12.0 Å². The smallest absolute Gasteiger partial charge is 0.322 e. The SMILES string of the molecule is CCC1(O)CC2CN(CCc3c([nH]c4ccccc34)C(C(=O)OC)(c3cc4c(cc3OC)N(C)C3C(O)(C(=O)N=[N+]=[N-])C(O)C5(CC)C=CCN6CCC43C65)C2)C1. The van der Waals surface area contributed by atoms with Crippen LogP contribution in [0, 0.1) is 11.3 Å². The Morgan fingerprint density at radius 2 is 1.86 bits per heavy atom. The molecule has 10 unspecified atom stereocenters. The highest BCUT2D eigenvalue weighted by atomic mass is 16.5. The number of para-hydroxylation sites is 1. The zero-order valence-electron chi connectivity index (χ0n) is 33.4. The van der Waals surface area contributed by atoms with Crippen molar-refractivity contribution in [2.45, 2.75) is 92.6 Å². The highest BCUT2D eigenvalue weighted by Crippen LogP contribution is 2.67. The summed E-state index contributed by atoms with van der Waals surface area (Å²) in [5.41, 5.74) is 7.34. The van der Waals surface area contributed by atoms with Gasteiger partial charge in [-0.05, 0) is 84.9 Å². The Morgan fingerprint density at radius 1 is 1.07 bits per heavy atom. The van der Waals surface area contributed by atoms with Crippen LogP contribution in [0.25, 0.3) is 21.3 Å². The molecule has 1 spiro atoms. The van der Waals surface area contributed by atoms with Crippen molar-refractivity contribution < 1.29 is 34.4 Å². The summed E-state index contributed by atoms with van der Waals surface area (Å²) in [5, 5.41) is 41.7. The lowest BCUT2D eigenvalue weighted by Gasteiger charge is -2.63. The molecule has 2 saturated heterocycles. The number of aromatic nitrogens is 1. The lowest BCUT2D eigenvalue weighted by molar-refractivity contribution is -0.201. The van der Waals surface area contributed by atoms with Crippen molar-refractivity contribution >= 4 is 28.5 Å². The molecule has 57 heavy (non-hydrogen) atoms. The molecule has 14 heteroatoms. The van der Waals surface area contributed by atoms with Gasteiger partial charge in [0.25, 0.3) is 5.91 Å². The van der Waals surface area contributed by atoms with Crippen LogP contribution in [0.1, 0.15) is 68.3 Å². The molecule has 1 saturated carbocycles. The third-order valence-electron chi connectivity index (χ3n) is 15.3. The molecule has 3 fully saturated rings. The van der Waals surface area contributed by atoms with Crippen LogP contribution in [-0.2, 0) is 31.6 Å². The largest absolute Gasteiger partial charge is 0.496 e. The number of esters is 1. The molecule has 4 N–H and O–H groups in total. The normalized spacial score (nSPS) is 37.8. The van der Waals surface area contributed by atoms with E-state index in [9.17, 15) is 25.6 Å². The fraction of sp³-hybridized carbons (Fsp3) is 0.581. The molecule has 5 aliphatic heterocycles. The third-order valence-corrected chi connectivity index (χ3v) is 15.3. The van der Waals surface area contributed by atoms with Crippen LogP contribution in [0.5, 0.6) is 5.75 Å². The Kier molecular flexibility index (Phi) is 8.72. The summed E-state index contributed by atoms with van der Waals surface area (Å²) in [6.07, 6.45) is 5.30. The molecule has 2 bridgehead atoms. The van der Waals surface area contributed by atoms with Crippen molar-refractivity contribution in [1.82, 2.24) is 14.8 Å². The number of aliphatic hydroxyl groups is 3. The second kappa shape index (κ2) is 13.0. The number of carbonyl (C=O) groups excluding carboxylic acids is 2. The fourth-order valence-electron chi connectivity index (χ4n) is 13.1. The Morgan fingerprint density at radius 3 is 2.58 bits per heavy atom. The number of azide groups is 1. The van der Waals surface area contributed by atoms with Crippen LogP contribution >= 0.6 is 0 Å². The van der Waals surface area contributed by atoms with Crippen LogP contribution in [0.2, 0.25) is 0 Å². The maximum absolute atomic E-state index is 15.2. The molecule has 14 nitrogen and oxygen atoms in total. The summed E-state index contributed by atoms with van der Waals surface area (Å²) in [6.45, 7) is 7.16. The molecule has 6 aliphatic rings. The van der Waals surface area contributed by atoms with Gasteiger partial charge in [-0.15, -0.1) is 0 Å². The average molecular weight is 780 g/mol. The van der Waals surface area contributed by atoms with Gasteiger partial charge >= 0.3 is 5.97 Å². The second-order valence-electron chi connectivity index (χ2n) is 17.6. The molecule has 302 valence electrons. The molecule has 2 aromatic carbocycles. The van der Waals surface area contributed by atoms with Gasteiger partial charge < -0.3 is 34.7 Å². The first kappa shape index (κ1) is 38.1. The average Bonchev–Trinajstić information content (AvgIpc) is 3.88. The highest BCUT2D eigenvalue weighted by Gasteiger charge is 2.78. The van der Waals surface area contributed by atoms with Crippen molar-refractivity contribution in [3.8, 4) is 5.75 Å².